The van der Waals surface area contributed by atoms with Gasteiger partial charge in [0, 0.05) is 25.4 Å². The number of aromatic nitrogens is 3. The molecule has 1 aliphatic heterocycles. The second-order valence-electron chi connectivity index (χ2n) is 4.59. The van der Waals surface area contributed by atoms with E-state index in [1.54, 1.807) is 6.92 Å². The van der Waals surface area contributed by atoms with Gasteiger partial charge in [0.25, 0.3) is 0 Å². The Balaban J connectivity index is 2.01. The van der Waals surface area contributed by atoms with Crippen molar-refractivity contribution in [2.24, 2.45) is 0 Å². The molecule has 1 fully saturated rings. The van der Waals surface area contributed by atoms with Crippen molar-refractivity contribution >= 4 is 33.3 Å². The van der Waals surface area contributed by atoms with Gasteiger partial charge in [-0.3, -0.25) is 0 Å². The Labute approximate surface area is 123 Å². The predicted octanol–water partition coefficient (Wildman–Crippen LogP) is 0.972. The number of nitrogens with zero attached hydrogens (tertiary/aromatic N) is 4. The standard InChI is InChI=1S/C11H18ClN5O2S/c1-2-20(18,19)8-5-13-10-14-9(12)15-11(16-10)17-6-3-4-7-17/h2-8H2,1H3,(H,13,14,15,16). The third-order valence-corrected chi connectivity index (χ3v) is 5.00. The van der Waals surface area contributed by atoms with Crippen LogP contribution in [-0.4, -0.2) is 54.5 Å². The minimum Gasteiger partial charge on any atom is -0.353 e. The Bertz CT molecular complexity index is 560. The third-order valence-electron chi connectivity index (χ3n) is 3.12. The van der Waals surface area contributed by atoms with E-state index in [1.807, 2.05) is 4.90 Å². The van der Waals surface area contributed by atoms with Gasteiger partial charge in [-0.25, -0.2) is 8.42 Å². The van der Waals surface area contributed by atoms with Crippen LogP contribution in [0.15, 0.2) is 0 Å². The molecule has 112 valence electrons. The van der Waals surface area contributed by atoms with Gasteiger partial charge >= 0.3 is 0 Å². The number of rotatable bonds is 6. The first kappa shape index (κ1) is 15.2. The maximum atomic E-state index is 11.4. The Hall–Kier alpha value is -1.15. The van der Waals surface area contributed by atoms with E-state index >= 15 is 0 Å². The fraction of sp³-hybridized carbons (Fsp3) is 0.727. The first-order valence-corrected chi connectivity index (χ1v) is 8.81. The van der Waals surface area contributed by atoms with Gasteiger partial charge in [0.2, 0.25) is 17.2 Å². The molecule has 0 atom stereocenters. The van der Waals surface area contributed by atoms with Crippen LogP contribution in [-0.2, 0) is 9.84 Å². The zero-order valence-electron chi connectivity index (χ0n) is 11.3. The van der Waals surface area contributed by atoms with Gasteiger partial charge in [0.1, 0.15) is 0 Å². The molecule has 0 radical (unpaired) electrons. The summed E-state index contributed by atoms with van der Waals surface area (Å²) in [5.74, 6) is 1.04. The minimum atomic E-state index is -3.00. The maximum Gasteiger partial charge on any atom is 0.231 e. The van der Waals surface area contributed by atoms with Crippen molar-refractivity contribution in [1.29, 1.82) is 0 Å². The average molecular weight is 320 g/mol. The first-order valence-electron chi connectivity index (χ1n) is 6.61. The van der Waals surface area contributed by atoms with E-state index in [0.29, 0.717) is 11.9 Å². The molecule has 1 aromatic heterocycles. The molecule has 1 N–H and O–H groups in total. The number of anilines is 2. The molecule has 0 bridgehead atoms. The summed E-state index contributed by atoms with van der Waals surface area (Å²) in [5, 5.41) is 3.00. The number of hydrogen-bond acceptors (Lipinski definition) is 7. The van der Waals surface area contributed by atoms with Crippen molar-refractivity contribution in [3.63, 3.8) is 0 Å². The van der Waals surface area contributed by atoms with E-state index in [1.165, 1.54) is 0 Å². The molecule has 1 saturated heterocycles. The van der Waals surface area contributed by atoms with Crippen LogP contribution >= 0.6 is 11.6 Å². The van der Waals surface area contributed by atoms with Crippen LogP contribution in [0.25, 0.3) is 0 Å². The Kier molecular flexibility index (Phi) is 4.98. The second kappa shape index (κ2) is 6.53. The number of sulfone groups is 1. The fourth-order valence-corrected chi connectivity index (χ4v) is 2.80. The summed E-state index contributed by atoms with van der Waals surface area (Å²) >= 11 is 5.88. The predicted molar refractivity (Wildman–Crippen MR) is 79.1 cm³/mol. The normalized spacial score (nSPS) is 15.6. The van der Waals surface area contributed by atoms with Crippen LogP contribution in [0, 0.1) is 0 Å². The molecule has 0 amide bonds. The van der Waals surface area contributed by atoms with Crippen LogP contribution in [0.1, 0.15) is 19.8 Å². The van der Waals surface area contributed by atoms with Crippen molar-refractivity contribution in [2.75, 3.05) is 41.4 Å². The monoisotopic (exact) mass is 319 g/mol. The molecule has 0 unspecified atom stereocenters. The van der Waals surface area contributed by atoms with Gasteiger partial charge < -0.3 is 10.2 Å². The van der Waals surface area contributed by atoms with Gasteiger partial charge in [-0.15, -0.1) is 0 Å². The highest BCUT2D eigenvalue weighted by molar-refractivity contribution is 7.91. The quantitative estimate of drug-likeness (QED) is 0.835. The molecule has 1 aliphatic rings. The number of hydrogen-bond donors (Lipinski definition) is 1. The largest absolute Gasteiger partial charge is 0.353 e. The zero-order valence-corrected chi connectivity index (χ0v) is 12.9. The lowest BCUT2D eigenvalue weighted by Gasteiger charge is -2.15. The zero-order chi connectivity index (χ0) is 14.6. The summed E-state index contributed by atoms with van der Waals surface area (Å²) in [5.41, 5.74) is 0. The van der Waals surface area contributed by atoms with Crippen molar-refractivity contribution in [2.45, 2.75) is 19.8 Å². The first-order chi connectivity index (χ1) is 9.50. The SMILES string of the molecule is CCS(=O)(=O)CCNc1nc(Cl)nc(N2CCCC2)n1. The van der Waals surface area contributed by atoms with E-state index in [0.717, 1.165) is 25.9 Å². The lowest BCUT2D eigenvalue weighted by atomic mass is 10.4. The Morgan fingerprint density at radius 2 is 1.95 bits per heavy atom. The molecule has 9 heteroatoms. The molecule has 0 aromatic carbocycles. The number of nitrogens with one attached hydrogen (secondary N) is 1. The van der Waals surface area contributed by atoms with Crippen LogP contribution in [0.2, 0.25) is 5.28 Å². The summed E-state index contributed by atoms with van der Waals surface area (Å²) in [6, 6.07) is 0. The third kappa shape index (κ3) is 4.17. The molecule has 7 nitrogen and oxygen atoms in total. The summed E-state index contributed by atoms with van der Waals surface area (Å²) in [7, 11) is -3.00. The van der Waals surface area contributed by atoms with Gasteiger partial charge in [0.15, 0.2) is 9.84 Å². The Morgan fingerprint density at radius 1 is 1.25 bits per heavy atom. The maximum absolute atomic E-state index is 11.4. The van der Waals surface area contributed by atoms with E-state index in [-0.39, 0.29) is 23.3 Å². The van der Waals surface area contributed by atoms with Crippen LogP contribution in [0.5, 0.6) is 0 Å². The van der Waals surface area contributed by atoms with Crippen molar-refractivity contribution in [3.05, 3.63) is 5.28 Å². The van der Waals surface area contributed by atoms with Crippen molar-refractivity contribution in [3.8, 4) is 0 Å². The highest BCUT2D eigenvalue weighted by Gasteiger charge is 2.17. The molecule has 2 rings (SSSR count). The van der Waals surface area contributed by atoms with Gasteiger partial charge in [-0.05, 0) is 24.4 Å². The molecular weight excluding hydrogens is 302 g/mol. The molecule has 0 spiro atoms. The Morgan fingerprint density at radius 3 is 2.60 bits per heavy atom. The molecule has 2 heterocycles. The summed E-state index contributed by atoms with van der Waals surface area (Å²) in [6.07, 6.45) is 2.22. The molecule has 20 heavy (non-hydrogen) atoms. The van der Waals surface area contributed by atoms with Crippen LogP contribution in [0.3, 0.4) is 0 Å². The van der Waals surface area contributed by atoms with Crippen molar-refractivity contribution < 1.29 is 8.42 Å². The lowest BCUT2D eigenvalue weighted by Crippen LogP contribution is -2.22. The van der Waals surface area contributed by atoms with Crippen molar-refractivity contribution in [1.82, 2.24) is 15.0 Å². The van der Waals surface area contributed by atoms with Gasteiger partial charge in [0.05, 0.1) is 5.75 Å². The second-order valence-corrected chi connectivity index (χ2v) is 7.40. The van der Waals surface area contributed by atoms with Gasteiger partial charge in [-0.1, -0.05) is 6.92 Å². The molecule has 0 saturated carbocycles. The summed E-state index contributed by atoms with van der Waals surface area (Å²) in [6.45, 7) is 3.70. The fourth-order valence-electron chi connectivity index (χ4n) is 1.94. The van der Waals surface area contributed by atoms with E-state index in [4.69, 9.17) is 11.6 Å². The van der Waals surface area contributed by atoms with E-state index in [2.05, 4.69) is 20.3 Å². The molecule has 0 aliphatic carbocycles. The summed E-state index contributed by atoms with van der Waals surface area (Å²) in [4.78, 5) is 14.4. The van der Waals surface area contributed by atoms with Crippen LogP contribution < -0.4 is 10.2 Å². The topological polar surface area (TPSA) is 88.1 Å². The van der Waals surface area contributed by atoms with E-state index < -0.39 is 9.84 Å². The smallest absolute Gasteiger partial charge is 0.231 e. The average Bonchev–Trinajstić information content (AvgIpc) is 2.92. The highest BCUT2D eigenvalue weighted by atomic mass is 35.5. The lowest BCUT2D eigenvalue weighted by molar-refractivity contribution is 0.597. The molecular formula is C11H18ClN5O2S. The highest BCUT2D eigenvalue weighted by Crippen LogP contribution is 2.18. The summed E-state index contributed by atoms with van der Waals surface area (Å²) < 4.78 is 22.8. The van der Waals surface area contributed by atoms with E-state index in [9.17, 15) is 8.42 Å². The van der Waals surface area contributed by atoms with Gasteiger partial charge in [-0.2, -0.15) is 15.0 Å². The minimum absolute atomic E-state index is 0.0475. The van der Waals surface area contributed by atoms with Crippen LogP contribution in [0.4, 0.5) is 11.9 Å². The number of halogens is 1. The molecule has 1 aromatic rings.